The molecule has 2 aliphatic rings. The topological polar surface area (TPSA) is 12.5 Å². The van der Waals surface area contributed by atoms with Crippen LogP contribution in [0, 0.1) is 5.92 Å². The summed E-state index contributed by atoms with van der Waals surface area (Å²) in [6.45, 7) is 2.47. The summed E-state index contributed by atoms with van der Waals surface area (Å²) in [5.41, 5.74) is 1.93. The van der Waals surface area contributed by atoms with Gasteiger partial charge < -0.3 is 9.64 Å². The van der Waals surface area contributed by atoms with Gasteiger partial charge in [0.15, 0.2) is 0 Å². The van der Waals surface area contributed by atoms with Crippen molar-refractivity contribution in [1.29, 1.82) is 0 Å². The predicted molar refractivity (Wildman–Crippen MR) is 60.3 cm³/mol. The van der Waals surface area contributed by atoms with Crippen molar-refractivity contribution < 1.29 is 4.74 Å². The van der Waals surface area contributed by atoms with Crippen molar-refractivity contribution >= 4 is 0 Å². The van der Waals surface area contributed by atoms with Crippen molar-refractivity contribution in [3.05, 3.63) is 29.8 Å². The van der Waals surface area contributed by atoms with E-state index in [-0.39, 0.29) is 0 Å². The number of nitrogens with zero attached hydrogens (tertiary/aromatic N) is 1. The van der Waals surface area contributed by atoms with Crippen LogP contribution in [-0.4, -0.2) is 32.1 Å². The van der Waals surface area contributed by atoms with E-state index in [0.29, 0.717) is 5.41 Å². The second-order valence-corrected chi connectivity index (χ2v) is 4.99. The molecule has 1 aliphatic heterocycles. The number of methoxy groups -OCH3 is 1. The van der Waals surface area contributed by atoms with Crippen LogP contribution in [0.15, 0.2) is 24.3 Å². The highest BCUT2D eigenvalue weighted by Crippen LogP contribution is 2.58. The molecule has 1 heterocycles. The van der Waals surface area contributed by atoms with Gasteiger partial charge in [0.2, 0.25) is 0 Å². The number of likely N-dealkylation sites (N-methyl/N-ethyl adjacent to an activating group) is 1. The number of fused-ring (bicyclic) bond motifs is 1. The molecule has 80 valence electrons. The summed E-state index contributed by atoms with van der Waals surface area (Å²) in [5, 5.41) is 0. The smallest absolute Gasteiger partial charge is 0.119 e. The van der Waals surface area contributed by atoms with Crippen LogP contribution in [0.25, 0.3) is 0 Å². The van der Waals surface area contributed by atoms with Gasteiger partial charge in [-0.25, -0.2) is 0 Å². The van der Waals surface area contributed by atoms with Crippen LogP contribution in [0.1, 0.15) is 12.0 Å². The molecule has 2 fully saturated rings. The Kier molecular flexibility index (Phi) is 1.84. The molecule has 0 bridgehead atoms. The maximum atomic E-state index is 5.29. The third kappa shape index (κ3) is 1.28. The molecule has 2 nitrogen and oxygen atoms in total. The van der Waals surface area contributed by atoms with Crippen LogP contribution in [0.2, 0.25) is 0 Å². The molecular formula is C13H17NO. The summed E-state index contributed by atoms with van der Waals surface area (Å²) in [5.74, 6) is 1.87. The second-order valence-electron chi connectivity index (χ2n) is 4.99. The SMILES string of the molecule is COc1cccc(C23CC2CN(C)C3)c1. The largest absolute Gasteiger partial charge is 0.497 e. The summed E-state index contributed by atoms with van der Waals surface area (Å²) in [7, 11) is 3.95. The van der Waals surface area contributed by atoms with E-state index in [1.165, 1.54) is 25.1 Å². The molecule has 0 aromatic heterocycles. The highest BCUT2D eigenvalue weighted by molar-refractivity contribution is 5.41. The zero-order valence-corrected chi connectivity index (χ0v) is 9.36. The lowest BCUT2D eigenvalue weighted by molar-refractivity contribution is 0.362. The van der Waals surface area contributed by atoms with Crippen LogP contribution in [0.5, 0.6) is 5.75 Å². The number of rotatable bonds is 2. The van der Waals surface area contributed by atoms with Crippen molar-refractivity contribution in [1.82, 2.24) is 4.90 Å². The number of piperidine rings is 1. The first-order valence-corrected chi connectivity index (χ1v) is 5.58. The zero-order valence-electron chi connectivity index (χ0n) is 9.36. The van der Waals surface area contributed by atoms with Gasteiger partial charge in [-0.05, 0) is 37.1 Å². The van der Waals surface area contributed by atoms with Gasteiger partial charge in [0.1, 0.15) is 5.75 Å². The maximum Gasteiger partial charge on any atom is 0.119 e. The van der Waals surface area contributed by atoms with Crippen LogP contribution < -0.4 is 4.74 Å². The molecule has 1 saturated heterocycles. The first kappa shape index (κ1) is 9.22. The molecule has 2 atom stereocenters. The fourth-order valence-electron chi connectivity index (χ4n) is 3.11. The molecule has 0 spiro atoms. The minimum atomic E-state index is 0.462. The zero-order chi connectivity index (χ0) is 10.5. The van der Waals surface area contributed by atoms with E-state index in [9.17, 15) is 0 Å². The van der Waals surface area contributed by atoms with Gasteiger partial charge >= 0.3 is 0 Å². The van der Waals surface area contributed by atoms with Crippen LogP contribution in [0.3, 0.4) is 0 Å². The fraction of sp³-hybridized carbons (Fsp3) is 0.538. The molecule has 0 radical (unpaired) electrons. The van der Waals surface area contributed by atoms with Crippen LogP contribution >= 0.6 is 0 Å². The molecule has 2 unspecified atom stereocenters. The Morgan fingerprint density at radius 2 is 2.33 bits per heavy atom. The minimum Gasteiger partial charge on any atom is -0.497 e. The molecule has 15 heavy (non-hydrogen) atoms. The van der Waals surface area contributed by atoms with Gasteiger partial charge in [0, 0.05) is 18.5 Å². The Morgan fingerprint density at radius 1 is 1.47 bits per heavy atom. The molecule has 1 aromatic rings. The average Bonchev–Trinajstić information content (AvgIpc) is 2.83. The van der Waals surface area contributed by atoms with Crippen molar-refractivity contribution in [3.8, 4) is 5.75 Å². The van der Waals surface area contributed by atoms with Crippen LogP contribution in [-0.2, 0) is 5.41 Å². The highest BCUT2D eigenvalue weighted by atomic mass is 16.5. The maximum absolute atomic E-state index is 5.29. The average molecular weight is 203 g/mol. The normalized spacial score (nSPS) is 33.9. The van der Waals surface area contributed by atoms with Gasteiger partial charge in [-0.3, -0.25) is 0 Å². The lowest BCUT2D eigenvalue weighted by Gasteiger charge is -2.17. The molecule has 2 heteroatoms. The molecule has 1 saturated carbocycles. The van der Waals surface area contributed by atoms with Gasteiger partial charge in [-0.1, -0.05) is 12.1 Å². The van der Waals surface area contributed by atoms with Gasteiger partial charge in [-0.2, -0.15) is 0 Å². The summed E-state index contributed by atoms with van der Waals surface area (Å²) < 4.78 is 5.29. The first-order valence-electron chi connectivity index (χ1n) is 5.58. The number of benzene rings is 1. The van der Waals surface area contributed by atoms with Crippen molar-refractivity contribution in [3.63, 3.8) is 0 Å². The Balaban J connectivity index is 1.93. The lowest BCUT2D eigenvalue weighted by atomic mass is 9.95. The first-order chi connectivity index (χ1) is 7.24. The van der Waals surface area contributed by atoms with E-state index in [0.717, 1.165) is 11.7 Å². The Hall–Kier alpha value is -1.02. The summed E-state index contributed by atoms with van der Waals surface area (Å²) in [6.07, 6.45) is 1.37. The Morgan fingerprint density at radius 3 is 3.00 bits per heavy atom. The number of likely N-dealkylation sites (tertiary alicyclic amines) is 1. The van der Waals surface area contributed by atoms with E-state index in [1.54, 1.807) is 7.11 Å². The molecule has 0 amide bonds. The van der Waals surface area contributed by atoms with Crippen LogP contribution in [0.4, 0.5) is 0 Å². The fourth-order valence-corrected chi connectivity index (χ4v) is 3.11. The Bertz CT molecular complexity index is 390. The van der Waals surface area contributed by atoms with Gasteiger partial charge in [-0.15, -0.1) is 0 Å². The van der Waals surface area contributed by atoms with Gasteiger partial charge in [0.25, 0.3) is 0 Å². The molecule has 1 aliphatic carbocycles. The second kappa shape index (κ2) is 2.99. The van der Waals surface area contributed by atoms with E-state index < -0.39 is 0 Å². The Labute approximate surface area is 90.8 Å². The molecule has 3 rings (SSSR count). The van der Waals surface area contributed by atoms with E-state index in [4.69, 9.17) is 4.74 Å². The van der Waals surface area contributed by atoms with Crippen molar-refractivity contribution in [2.45, 2.75) is 11.8 Å². The standard InChI is InChI=1S/C13H17NO/c1-14-8-11-7-13(11,9-14)10-4-3-5-12(6-10)15-2/h3-6,11H,7-9H2,1-2H3. The summed E-state index contributed by atoms with van der Waals surface area (Å²) in [4.78, 5) is 2.44. The van der Waals surface area contributed by atoms with Crippen molar-refractivity contribution in [2.75, 3.05) is 27.2 Å². The minimum absolute atomic E-state index is 0.462. The van der Waals surface area contributed by atoms with E-state index in [1.807, 2.05) is 6.07 Å². The number of ether oxygens (including phenoxy) is 1. The quantitative estimate of drug-likeness (QED) is 0.728. The highest BCUT2D eigenvalue weighted by Gasteiger charge is 2.59. The van der Waals surface area contributed by atoms with Gasteiger partial charge in [0.05, 0.1) is 7.11 Å². The van der Waals surface area contributed by atoms with Crippen molar-refractivity contribution in [2.24, 2.45) is 5.92 Å². The van der Waals surface area contributed by atoms with E-state index in [2.05, 4.69) is 30.1 Å². The number of hydrogen-bond donors (Lipinski definition) is 0. The third-order valence-corrected chi connectivity index (χ3v) is 3.96. The summed E-state index contributed by atoms with van der Waals surface area (Å²) in [6, 6.07) is 8.59. The molecular weight excluding hydrogens is 186 g/mol. The number of hydrogen-bond acceptors (Lipinski definition) is 2. The molecule has 0 N–H and O–H groups in total. The molecule has 1 aromatic carbocycles. The lowest BCUT2D eigenvalue weighted by Crippen LogP contribution is -2.22. The van der Waals surface area contributed by atoms with E-state index >= 15 is 0 Å². The monoisotopic (exact) mass is 203 g/mol. The third-order valence-electron chi connectivity index (χ3n) is 3.96. The summed E-state index contributed by atoms with van der Waals surface area (Å²) >= 11 is 0. The predicted octanol–water partition coefficient (Wildman–Crippen LogP) is 1.90.